The second-order valence-electron chi connectivity index (χ2n) is 7.63. The first-order valence-electron chi connectivity index (χ1n) is 9.80. The summed E-state index contributed by atoms with van der Waals surface area (Å²) in [7, 11) is 1.63. The van der Waals surface area contributed by atoms with Crippen LogP contribution in [0.5, 0.6) is 11.5 Å². The quantitative estimate of drug-likeness (QED) is 0.516. The maximum absolute atomic E-state index is 12.7. The molecule has 4 rings (SSSR count). The lowest BCUT2D eigenvalue weighted by Crippen LogP contribution is -2.32. The molecule has 2 fully saturated rings. The number of carbonyl (C=O) groups excluding carboxylic acids is 1. The van der Waals surface area contributed by atoms with E-state index in [-0.39, 0.29) is 11.9 Å². The largest absolute Gasteiger partial charge is 0.496 e. The summed E-state index contributed by atoms with van der Waals surface area (Å²) in [4.78, 5) is 14.3. The first-order chi connectivity index (χ1) is 14.4. The summed E-state index contributed by atoms with van der Waals surface area (Å²) in [6.07, 6.45) is 3.83. The standard InChI is InChI=1S/C23H23ClN2O3S/c1-13-8-18(9-14(2)21(13)24)29-12-16-10-15(4-7-20(16)28-3)11-19-22(27)26(17-5-6-17)23(30)25-19/h4,7-11,17H,5-6,12H2,1-3H3,(H,25,30). The van der Waals surface area contributed by atoms with Gasteiger partial charge in [0.2, 0.25) is 0 Å². The van der Waals surface area contributed by atoms with E-state index in [1.165, 1.54) is 0 Å². The van der Waals surface area contributed by atoms with Gasteiger partial charge in [-0.1, -0.05) is 17.7 Å². The molecule has 1 heterocycles. The van der Waals surface area contributed by atoms with Crippen LogP contribution in [0.2, 0.25) is 5.02 Å². The lowest BCUT2D eigenvalue weighted by Gasteiger charge is -2.13. The SMILES string of the molecule is COc1ccc(C=C2NC(=S)N(C3CC3)C2=O)cc1COc1cc(C)c(Cl)c(C)c1. The van der Waals surface area contributed by atoms with Crippen LogP contribution in [0.3, 0.4) is 0 Å². The highest BCUT2D eigenvalue weighted by Crippen LogP contribution is 2.32. The number of carbonyl (C=O) groups is 1. The van der Waals surface area contributed by atoms with Gasteiger partial charge in [0, 0.05) is 16.6 Å². The Hall–Kier alpha value is -2.57. The van der Waals surface area contributed by atoms with Crippen LogP contribution < -0.4 is 14.8 Å². The van der Waals surface area contributed by atoms with Crippen molar-refractivity contribution in [3.63, 3.8) is 0 Å². The Morgan fingerprint density at radius 1 is 1.23 bits per heavy atom. The van der Waals surface area contributed by atoms with Crippen molar-refractivity contribution in [2.45, 2.75) is 39.3 Å². The molecule has 0 unspecified atom stereocenters. The van der Waals surface area contributed by atoms with E-state index >= 15 is 0 Å². The second-order valence-corrected chi connectivity index (χ2v) is 8.39. The number of ether oxygens (including phenoxy) is 2. The molecular weight excluding hydrogens is 420 g/mol. The molecule has 0 bridgehead atoms. The van der Waals surface area contributed by atoms with Crippen molar-refractivity contribution in [3.8, 4) is 11.5 Å². The van der Waals surface area contributed by atoms with Crippen LogP contribution in [0.4, 0.5) is 0 Å². The van der Waals surface area contributed by atoms with Crippen molar-refractivity contribution in [1.82, 2.24) is 10.2 Å². The summed E-state index contributed by atoms with van der Waals surface area (Å²) in [5, 5.41) is 4.28. The molecule has 0 radical (unpaired) electrons. The number of nitrogens with one attached hydrogen (secondary N) is 1. The summed E-state index contributed by atoms with van der Waals surface area (Å²) in [5.74, 6) is 1.40. The number of rotatable bonds is 6. The maximum Gasteiger partial charge on any atom is 0.276 e. The summed E-state index contributed by atoms with van der Waals surface area (Å²) in [6.45, 7) is 4.24. The summed E-state index contributed by atoms with van der Waals surface area (Å²) in [5.41, 5.74) is 4.18. The fraction of sp³-hybridized carbons (Fsp3) is 0.304. The molecule has 5 nitrogen and oxygen atoms in total. The number of methoxy groups -OCH3 is 1. The lowest BCUT2D eigenvalue weighted by molar-refractivity contribution is -0.122. The van der Waals surface area contributed by atoms with E-state index in [0.717, 1.165) is 51.6 Å². The highest BCUT2D eigenvalue weighted by Gasteiger charge is 2.41. The number of hydrogen-bond acceptors (Lipinski definition) is 4. The van der Waals surface area contributed by atoms with Gasteiger partial charge in [-0.15, -0.1) is 0 Å². The average Bonchev–Trinajstić information content (AvgIpc) is 3.50. The fourth-order valence-electron chi connectivity index (χ4n) is 3.53. The predicted molar refractivity (Wildman–Crippen MR) is 122 cm³/mol. The Labute approximate surface area is 186 Å². The number of nitrogens with zero attached hydrogens (tertiary/aromatic N) is 1. The Morgan fingerprint density at radius 2 is 1.93 bits per heavy atom. The van der Waals surface area contributed by atoms with Crippen molar-refractivity contribution in [2.24, 2.45) is 0 Å². The maximum atomic E-state index is 12.7. The van der Waals surface area contributed by atoms with Gasteiger partial charge in [-0.05, 0) is 85.9 Å². The zero-order valence-electron chi connectivity index (χ0n) is 17.1. The molecule has 1 saturated heterocycles. The number of hydrogen-bond donors (Lipinski definition) is 1. The Bertz CT molecular complexity index is 1040. The smallest absolute Gasteiger partial charge is 0.276 e. The molecule has 1 aliphatic heterocycles. The molecule has 7 heteroatoms. The normalized spacial score (nSPS) is 17.5. The molecule has 1 amide bonds. The molecule has 2 aromatic carbocycles. The molecular formula is C23H23ClN2O3S. The summed E-state index contributed by atoms with van der Waals surface area (Å²) < 4.78 is 11.5. The Kier molecular flexibility index (Phi) is 5.71. The van der Waals surface area contributed by atoms with Crippen LogP contribution >= 0.6 is 23.8 Å². The Balaban J connectivity index is 1.55. The first-order valence-corrected chi connectivity index (χ1v) is 10.6. The minimum absolute atomic E-state index is 0.0665. The molecule has 156 valence electrons. The molecule has 1 saturated carbocycles. The van der Waals surface area contributed by atoms with Gasteiger partial charge in [0.15, 0.2) is 5.11 Å². The minimum Gasteiger partial charge on any atom is -0.496 e. The first kappa shape index (κ1) is 20.7. The monoisotopic (exact) mass is 442 g/mol. The van der Waals surface area contributed by atoms with Gasteiger partial charge in [0.25, 0.3) is 5.91 Å². The zero-order valence-corrected chi connectivity index (χ0v) is 18.7. The summed E-state index contributed by atoms with van der Waals surface area (Å²) >= 11 is 11.6. The molecule has 0 aromatic heterocycles. The fourth-order valence-corrected chi connectivity index (χ4v) is 3.98. The second kappa shape index (κ2) is 8.28. The van der Waals surface area contributed by atoms with E-state index in [4.69, 9.17) is 33.3 Å². The third kappa shape index (κ3) is 4.16. The van der Waals surface area contributed by atoms with E-state index in [9.17, 15) is 4.79 Å². The van der Waals surface area contributed by atoms with E-state index < -0.39 is 0 Å². The van der Waals surface area contributed by atoms with Crippen LogP contribution in [0.15, 0.2) is 36.0 Å². The predicted octanol–water partition coefficient (Wildman–Crippen LogP) is 4.76. The van der Waals surface area contributed by atoms with Crippen LogP contribution in [0, 0.1) is 13.8 Å². The molecule has 1 N–H and O–H groups in total. The van der Waals surface area contributed by atoms with E-state index in [1.807, 2.05) is 50.3 Å². The van der Waals surface area contributed by atoms with Gasteiger partial charge >= 0.3 is 0 Å². The van der Waals surface area contributed by atoms with E-state index in [2.05, 4.69) is 5.32 Å². The van der Waals surface area contributed by atoms with Gasteiger partial charge in [-0.25, -0.2) is 0 Å². The van der Waals surface area contributed by atoms with Crippen LogP contribution in [-0.2, 0) is 11.4 Å². The number of benzene rings is 2. The Morgan fingerprint density at radius 3 is 2.57 bits per heavy atom. The third-order valence-electron chi connectivity index (χ3n) is 5.24. The van der Waals surface area contributed by atoms with Crippen molar-refractivity contribution >= 4 is 40.9 Å². The molecule has 1 aliphatic carbocycles. The highest BCUT2D eigenvalue weighted by atomic mass is 35.5. The number of thiocarbonyl (C=S) groups is 1. The molecule has 2 aromatic rings. The van der Waals surface area contributed by atoms with Crippen molar-refractivity contribution in [3.05, 3.63) is 63.3 Å². The van der Waals surface area contributed by atoms with Crippen LogP contribution in [0.1, 0.15) is 35.1 Å². The summed E-state index contributed by atoms with van der Waals surface area (Å²) in [6, 6.07) is 9.82. The van der Waals surface area contributed by atoms with Gasteiger partial charge < -0.3 is 14.8 Å². The van der Waals surface area contributed by atoms with Crippen molar-refractivity contribution in [2.75, 3.05) is 7.11 Å². The third-order valence-corrected chi connectivity index (χ3v) is 6.14. The topological polar surface area (TPSA) is 50.8 Å². The molecule has 0 atom stereocenters. The molecule has 2 aliphatic rings. The minimum atomic E-state index is -0.0665. The molecule has 0 spiro atoms. The van der Waals surface area contributed by atoms with Gasteiger partial charge in [0.1, 0.15) is 23.8 Å². The van der Waals surface area contributed by atoms with E-state index in [1.54, 1.807) is 12.0 Å². The van der Waals surface area contributed by atoms with Crippen molar-refractivity contribution in [1.29, 1.82) is 0 Å². The van der Waals surface area contributed by atoms with Crippen LogP contribution in [-0.4, -0.2) is 29.1 Å². The number of halogens is 1. The van der Waals surface area contributed by atoms with Gasteiger partial charge in [0.05, 0.1) is 7.11 Å². The van der Waals surface area contributed by atoms with E-state index in [0.29, 0.717) is 17.4 Å². The highest BCUT2D eigenvalue weighted by molar-refractivity contribution is 7.80. The van der Waals surface area contributed by atoms with Crippen molar-refractivity contribution < 1.29 is 14.3 Å². The van der Waals surface area contributed by atoms with Crippen LogP contribution in [0.25, 0.3) is 6.08 Å². The zero-order chi connectivity index (χ0) is 21.4. The molecule has 30 heavy (non-hydrogen) atoms. The number of amides is 1. The van der Waals surface area contributed by atoms with Gasteiger partial charge in [-0.2, -0.15) is 0 Å². The number of aryl methyl sites for hydroxylation is 2. The average molecular weight is 443 g/mol. The lowest BCUT2D eigenvalue weighted by atomic mass is 10.1. The van der Waals surface area contributed by atoms with Gasteiger partial charge in [-0.3, -0.25) is 9.69 Å².